The van der Waals surface area contributed by atoms with Crippen LogP contribution in [-0.2, 0) is 13.0 Å². The van der Waals surface area contributed by atoms with Crippen LogP contribution in [0, 0.1) is 11.3 Å². The molecule has 0 aliphatic rings. The fraction of sp³-hybridized carbons (Fsp3) is 0.174. The smallest absolute Gasteiger partial charge is 0.163 e. The largest absolute Gasteiger partial charge is 0.507 e. The van der Waals surface area contributed by atoms with Crippen molar-refractivity contribution in [1.29, 1.82) is 5.26 Å². The van der Waals surface area contributed by atoms with E-state index < -0.39 is 0 Å². The molecule has 146 valence electrons. The van der Waals surface area contributed by atoms with Gasteiger partial charge < -0.3 is 9.84 Å². The number of nitriles is 1. The first-order chi connectivity index (χ1) is 14.0. The zero-order chi connectivity index (χ0) is 20.8. The van der Waals surface area contributed by atoms with Gasteiger partial charge in [-0.3, -0.25) is 4.79 Å². The van der Waals surface area contributed by atoms with Gasteiger partial charge in [-0.2, -0.15) is 5.26 Å². The highest BCUT2D eigenvalue weighted by atomic mass is 32.2. The average molecular weight is 404 g/mol. The summed E-state index contributed by atoms with van der Waals surface area (Å²) in [6.07, 6.45) is 2.19. The number of phenolic OH excluding ortho intramolecular Hbond substituents is 1. The molecule has 0 radical (unpaired) electrons. The van der Waals surface area contributed by atoms with Crippen molar-refractivity contribution in [1.82, 2.24) is 4.98 Å². The van der Waals surface area contributed by atoms with Crippen molar-refractivity contribution in [2.45, 2.75) is 36.8 Å². The third-order valence-corrected chi connectivity index (χ3v) is 5.32. The van der Waals surface area contributed by atoms with Crippen LogP contribution in [-0.4, -0.2) is 15.9 Å². The highest BCUT2D eigenvalue weighted by Crippen LogP contribution is 2.33. The maximum absolute atomic E-state index is 11.6. The summed E-state index contributed by atoms with van der Waals surface area (Å²) in [4.78, 5) is 16.9. The van der Waals surface area contributed by atoms with Gasteiger partial charge in [0.1, 0.15) is 23.1 Å². The fourth-order valence-electron chi connectivity index (χ4n) is 2.85. The van der Waals surface area contributed by atoms with Crippen LogP contribution in [0.15, 0.2) is 64.6 Å². The summed E-state index contributed by atoms with van der Waals surface area (Å²) >= 11 is 1.48. The molecule has 6 heteroatoms. The quantitative estimate of drug-likeness (QED) is 0.548. The van der Waals surface area contributed by atoms with Crippen LogP contribution in [0.4, 0.5) is 0 Å². The number of phenols is 1. The number of hydrogen-bond acceptors (Lipinski definition) is 6. The van der Waals surface area contributed by atoms with Crippen LogP contribution in [0.5, 0.6) is 11.5 Å². The number of ether oxygens (including phenoxy) is 1. The lowest BCUT2D eigenvalue weighted by atomic mass is 10.0. The van der Waals surface area contributed by atoms with Crippen LogP contribution in [0.25, 0.3) is 0 Å². The van der Waals surface area contributed by atoms with Gasteiger partial charge in [-0.1, -0.05) is 30.8 Å². The molecule has 2 aromatic carbocycles. The third-order valence-electron chi connectivity index (χ3n) is 4.38. The van der Waals surface area contributed by atoms with Gasteiger partial charge in [0.15, 0.2) is 5.78 Å². The second-order valence-corrected chi connectivity index (χ2v) is 7.47. The normalized spacial score (nSPS) is 10.4. The maximum atomic E-state index is 11.6. The molecule has 29 heavy (non-hydrogen) atoms. The molecule has 0 bridgehead atoms. The molecule has 0 saturated carbocycles. The van der Waals surface area contributed by atoms with Gasteiger partial charge in [-0.15, -0.1) is 0 Å². The van der Waals surface area contributed by atoms with E-state index in [9.17, 15) is 9.90 Å². The van der Waals surface area contributed by atoms with Gasteiger partial charge in [0.25, 0.3) is 0 Å². The number of hydrogen-bond donors (Lipinski definition) is 1. The summed E-state index contributed by atoms with van der Waals surface area (Å²) in [5, 5.41) is 20.1. The number of carbonyl (C=O) groups excluding carboxylic acids is 1. The summed E-state index contributed by atoms with van der Waals surface area (Å²) in [6, 6.07) is 16.7. The number of aromatic nitrogens is 1. The minimum absolute atomic E-state index is 0.00338. The van der Waals surface area contributed by atoms with Crippen LogP contribution < -0.4 is 4.74 Å². The zero-order valence-corrected chi connectivity index (χ0v) is 17.0. The molecule has 0 amide bonds. The molecule has 0 spiro atoms. The fourth-order valence-corrected chi connectivity index (χ4v) is 3.66. The Bertz CT molecular complexity index is 1070. The Morgan fingerprint density at radius 2 is 1.97 bits per heavy atom. The summed E-state index contributed by atoms with van der Waals surface area (Å²) in [6.45, 7) is 3.69. The van der Waals surface area contributed by atoms with Gasteiger partial charge in [-0.25, -0.2) is 4.98 Å². The summed E-state index contributed by atoms with van der Waals surface area (Å²) in [7, 11) is 0. The van der Waals surface area contributed by atoms with E-state index in [2.05, 4.69) is 11.1 Å². The molecule has 0 saturated heterocycles. The predicted molar refractivity (Wildman–Crippen MR) is 111 cm³/mol. The molecule has 0 atom stereocenters. The van der Waals surface area contributed by atoms with E-state index in [-0.39, 0.29) is 11.5 Å². The summed E-state index contributed by atoms with van der Waals surface area (Å²) in [5.41, 5.74) is 2.50. The molecule has 0 unspecified atom stereocenters. The van der Waals surface area contributed by atoms with Crippen molar-refractivity contribution in [3.63, 3.8) is 0 Å². The van der Waals surface area contributed by atoms with E-state index in [4.69, 9.17) is 10.00 Å². The molecular formula is C23H20N2O3S. The van der Waals surface area contributed by atoms with E-state index in [1.54, 1.807) is 30.5 Å². The Morgan fingerprint density at radius 3 is 2.62 bits per heavy atom. The Hall–Kier alpha value is -3.30. The number of aromatic hydroxyl groups is 1. The van der Waals surface area contributed by atoms with Gasteiger partial charge in [0.05, 0.1) is 17.2 Å². The highest BCUT2D eigenvalue weighted by molar-refractivity contribution is 7.99. The Kier molecular flexibility index (Phi) is 6.53. The zero-order valence-electron chi connectivity index (χ0n) is 16.2. The molecule has 5 nitrogen and oxygen atoms in total. The number of benzene rings is 2. The maximum Gasteiger partial charge on any atom is 0.163 e. The minimum atomic E-state index is -0.174. The highest BCUT2D eigenvalue weighted by Gasteiger charge is 2.15. The molecule has 3 rings (SSSR count). The van der Waals surface area contributed by atoms with Crippen LogP contribution in [0.2, 0.25) is 0 Å². The Morgan fingerprint density at radius 1 is 1.21 bits per heavy atom. The van der Waals surface area contributed by atoms with Gasteiger partial charge in [0.2, 0.25) is 0 Å². The SMILES string of the molecule is CCc1c(OCc2ccc(Sc3cc(C#N)ccn3)cc2)ccc(C(C)=O)c1O. The number of pyridine rings is 1. The van der Waals surface area contributed by atoms with Crippen LogP contribution in [0.1, 0.15) is 40.9 Å². The monoisotopic (exact) mass is 404 g/mol. The van der Waals surface area contributed by atoms with Crippen molar-refractivity contribution >= 4 is 17.5 Å². The average Bonchev–Trinajstić information content (AvgIpc) is 2.73. The number of carbonyl (C=O) groups is 1. The van der Waals surface area contributed by atoms with Crippen molar-refractivity contribution in [2.75, 3.05) is 0 Å². The molecule has 0 fully saturated rings. The van der Waals surface area contributed by atoms with E-state index in [0.717, 1.165) is 15.5 Å². The predicted octanol–water partition coefficient (Wildman–Crippen LogP) is 5.15. The van der Waals surface area contributed by atoms with Crippen molar-refractivity contribution in [3.8, 4) is 17.6 Å². The van der Waals surface area contributed by atoms with Gasteiger partial charge >= 0.3 is 0 Å². The van der Waals surface area contributed by atoms with Gasteiger partial charge in [-0.05, 0) is 55.3 Å². The van der Waals surface area contributed by atoms with E-state index >= 15 is 0 Å². The molecule has 1 heterocycles. The van der Waals surface area contributed by atoms with Crippen molar-refractivity contribution in [2.24, 2.45) is 0 Å². The molecular weight excluding hydrogens is 384 g/mol. The lowest BCUT2D eigenvalue weighted by Crippen LogP contribution is -2.01. The topological polar surface area (TPSA) is 83.2 Å². The summed E-state index contributed by atoms with van der Waals surface area (Å²) in [5.74, 6) is 0.397. The first kappa shape index (κ1) is 20.4. The Balaban J connectivity index is 1.68. The van der Waals surface area contributed by atoms with E-state index in [1.807, 2.05) is 31.2 Å². The molecule has 0 aliphatic carbocycles. The number of nitrogens with zero attached hydrogens (tertiary/aromatic N) is 2. The minimum Gasteiger partial charge on any atom is -0.507 e. The lowest BCUT2D eigenvalue weighted by molar-refractivity contribution is 0.101. The molecule has 1 aromatic heterocycles. The second kappa shape index (κ2) is 9.26. The second-order valence-electron chi connectivity index (χ2n) is 6.38. The molecule has 1 N–H and O–H groups in total. The van der Waals surface area contributed by atoms with Crippen LogP contribution >= 0.6 is 11.8 Å². The number of Topliss-reactive ketones (excluding diaryl/α,β-unsaturated/α-hetero) is 1. The first-order valence-corrected chi connectivity index (χ1v) is 9.95. The van der Waals surface area contributed by atoms with Crippen molar-refractivity contribution < 1.29 is 14.6 Å². The number of rotatable bonds is 7. The van der Waals surface area contributed by atoms with E-state index in [0.29, 0.717) is 35.5 Å². The lowest BCUT2D eigenvalue weighted by Gasteiger charge is -2.14. The third kappa shape index (κ3) is 4.95. The van der Waals surface area contributed by atoms with Crippen molar-refractivity contribution in [3.05, 3.63) is 77.0 Å². The standard InChI is InChI=1S/C23H20N2O3S/c1-3-19-21(9-8-20(15(2)26)23(19)27)28-14-16-4-6-18(7-5-16)29-22-12-17(13-24)10-11-25-22/h4-12,27H,3,14H2,1-2H3. The first-order valence-electron chi connectivity index (χ1n) is 9.13. The molecule has 0 aliphatic heterocycles. The Labute approximate surface area is 174 Å². The van der Waals surface area contributed by atoms with Crippen LogP contribution in [0.3, 0.4) is 0 Å². The van der Waals surface area contributed by atoms with E-state index in [1.165, 1.54) is 18.7 Å². The summed E-state index contributed by atoms with van der Waals surface area (Å²) < 4.78 is 5.89. The number of ketones is 1. The van der Waals surface area contributed by atoms with Gasteiger partial charge in [0, 0.05) is 16.7 Å². The molecule has 3 aromatic rings.